The molecule has 0 atom stereocenters. The molecule has 0 aliphatic carbocycles. The van der Waals surface area contributed by atoms with Crippen LogP contribution >= 0.6 is 0 Å². The van der Waals surface area contributed by atoms with Gasteiger partial charge in [0.15, 0.2) is 5.78 Å². The fourth-order valence-electron chi connectivity index (χ4n) is 1.74. The number of carbonyl (C=O) groups excluding carboxylic acids is 1. The van der Waals surface area contributed by atoms with E-state index < -0.39 is 0 Å². The number of carbonyl (C=O) groups is 1. The minimum Gasteiger partial charge on any atom is -0.494 e. The van der Waals surface area contributed by atoms with Crippen LogP contribution in [-0.4, -0.2) is 12.4 Å². The Labute approximate surface area is 112 Å². The molecule has 0 spiro atoms. The van der Waals surface area contributed by atoms with Crippen LogP contribution in [0.4, 0.5) is 0 Å². The van der Waals surface area contributed by atoms with Gasteiger partial charge in [0.2, 0.25) is 0 Å². The predicted molar refractivity (Wildman–Crippen MR) is 74.1 cm³/mol. The van der Waals surface area contributed by atoms with E-state index in [1.54, 1.807) is 12.1 Å². The van der Waals surface area contributed by atoms with Crippen molar-refractivity contribution >= 4 is 5.78 Å². The lowest BCUT2D eigenvalue weighted by Crippen LogP contribution is -1.96. The van der Waals surface area contributed by atoms with Crippen molar-refractivity contribution in [1.82, 2.24) is 0 Å². The molecule has 0 N–H and O–H groups in total. The Morgan fingerprint density at radius 1 is 1.00 bits per heavy atom. The van der Waals surface area contributed by atoms with Crippen LogP contribution in [0.1, 0.15) is 24.2 Å². The van der Waals surface area contributed by atoms with E-state index in [1.807, 2.05) is 43.3 Å². The highest BCUT2D eigenvalue weighted by Gasteiger charge is 2.08. The maximum Gasteiger partial charge on any atom is 0.163 e. The molecule has 2 rings (SSSR count). The molecule has 0 fully saturated rings. The summed E-state index contributed by atoms with van der Waals surface area (Å²) in [6, 6.07) is 14.5. The van der Waals surface area contributed by atoms with Gasteiger partial charge in [-0.1, -0.05) is 12.1 Å². The highest BCUT2D eigenvalue weighted by Crippen LogP contribution is 2.27. The van der Waals surface area contributed by atoms with Crippen LogP contribution in [0.5, 0.6) is 17.2 Å². The van der Waals surface area contributed by atoms with Crippen molar-refractivity contribution in [2.75, 3.05) is 6.61 Å². The average molecular weight is 256 g/mol. The summed E-state index contributed by atoms with van der Waals surface area (Å²) < 4.78 is 11.1. The number of ether oxygens (including phenoxy) is 2. The van der Waals surface area contributed by atoms with E-state index in [0.29, 0.717) is 23.7 Å². The maximum atomic E-state index is 11.5. The van der Waals surface area contributed by atoms with Gasteiger partial charge >= 0.3 is 0 Å². The van der Waals surface area contributed by atoms with Gasteiger partial charge in [0, 0.05) is 0 Å². The topological polar surface area (TPSA) is 35.5 Å². The van der Waals surface area contributed by atoms with Crippen LogP contribution in [-0.2, 0) is 0 Å². The van der Waals surface area contributed by atoms with Crippen LogP contribution in [0.25, 0.3) is 0 Å². The van der Waals surface area contributed by atoms with Crippen LogP contribution in [0.3, 0.4) is 0 Å². The van der Waals surface area contributed by atoms with E-state index in [0.717, 1.165) is 5.75 Å². The Balaban J connectivity index is 2.19. The molecular formula is C16H16O3. The molecule has 2 aromatic rings. The first-order chi connectivity index (χ1) is 9.20. The molecule has 0 heterocycles. The second-order valence-corrected chi connectivity index (χ2v) is 4.06. The summed E-state index contributed by atoms with van der Waals surface area (Å²) in [4.78, 5) is 11.5. The van der Waals surface area contributed by atoms with Crippen LogP contribution in [0.2, 0.25) is 0 Å². The largest absolute Gasteiger partial charge is 0.494 e. The van der Waals surface area contributed by atoms with Crippen molar-refractivity contribution in [3.05, 3.63) is 54.1 Å². The summed E-state index contributed by atoms with van der Waals surface area (Å²) in [6.07, 6.45) is 0. The van der Waals surface area contributed by atoms with Gasteiger partial charge in [0.25, 0.3) is 0 Å². The highest BCUT2D eigenvalue weighted by atomic mass is 16.5. The molecule has 0 bridgehead atoms. The first-order valence-corrected chi connectivity index (χ1v) is 6.21. The van der Waals surface area contributed by atoms with Crippen molar-refractivity contribution in [2.24, 2.45) is 0 Å². The van der Waals surface area contributed by atoms with Gasteiger partial charge in [-0.2, -0.15) is 0 Å². The smallest absolute Gasteiger partial charge is 0.163 e. The van der Waals surface area contributed by atoms with Gasteiger partial charge < -0.3 is 9.47 Å². The van der Waals surface area contributed by atoms with E-state index in [-0.39, 0.29) is 5.78 Å². The Morgan fingerprint density at radius 2 is 1.63 bits per heavy atom. The first-order valence-electron chi connectivity index (χ1n) is 6.21. The van der Waals surface area contributed by atoms with E-state index in [1.165, 1.54) is 6.92 Å². The van der Waals surface area contributed by atoms with Crippen molar-refractivity contribution < 1.29 is 14.3 Å². The molecule has 3 heteroatoms. The third kappa shape index (κ3) is 3.35. The highest BCUT2D eigenvalue weighted by molar-refractivity contribution is 5.96. The molecule has 0 aliphatic rings. The van der Waals surface area contributed by atoms with Crippen LogP contribution < -0.4 is 9.47 Å². The molecule has 0 saturated carbocycles. The zero-order valence-electron chi connectivity index (χ0n) is 11.1. The fourth-order valence-corrected chi connectivity index (χ4v) is 1.74. The standard InChI is InChI=1S/C16H16O3/c1-3-18-13-8-10-14(11-9-13)19-16-7-5-4-6-15(16)12(2)17/h4-11H,3H2,1-2H3. The minimum atomic E-state index is -0.0125. The summed E-state index contributed by atoms with van der Waals surface area (Å²) >= 11 is 0. The predicted octanol–water partition coefficient (Wildman–Crippen LogP) is 4.08. The van der Waals surface area contributed by atoms with Crippen LogP contribution in [0, 0.1) is 0 Å². The summed E-state index contributed by atoms with van der Waals surface area (Å²) in [5, 5.41) is 0. The lowest BCUT2D eigenvalue weighted by atomic mass is 10.1. The number of hydrogen-bond donors (Lipinski definition) is 0. The van der Waals surface area contributed by atoms with Crippen molar-refractivity contribution in [3.63, 3.8) is 0 Å². The number of Topliss-reactive ketones (excluding diaryl/α,β-unsaturated/α-hetero) is 1. The Kier molecular flexibility index (Phi) is 4.18. The van der Waals surface area contributed by atoms with Gasteiger partial charge in [-0.15, -0.1) is 0 Å². The van der Waals surface area contributed by atoms with Gasteiger partial charge in [-0.3, -0.25) is 4.79 Å². The molecule has 0 aliphatic heterocycles. The number of ketones is 1. The molecule has 19 heavy (non-hydrogen) atoms. The maximum absolute atomic E-state index is 11.5. The minimum absolute atomic E-state index is 0.0125. The normalized spacial score (nSPS) is 10.0. The zero-order chi connectivity index (χ0) is 13.7. The third-order valence-electron chi connectivity index (χ3n) is 2.63. The second-order valence-electron chi connectivity index (χ2n) is 4.06. The number of hydrogen-bond acceptors (Lipinski definition) is 3. The molecule has 0 saturated heterocycles. The number of rotatable bonds is 5. The Morgan fingerprint density at radius 3 is 2.26 bits per heavy atom. The Hall–Kier alpha value is -2.29. The molecule has 0 aromatic heterocycles. The van der Waals surface area contributed by atoms with E-state index in [9.17, 15) is 4.79 Å². The monoisotopic (exact) mass is 256 g/mol. The summed E-state index contributed by atoms with van der Waals surface area (Å²) in [7, 11) is 0. The van der Waals surface area contributed by atoms with E-state index >= 15 is 0 Å². The first kappa shape index (κ1) is 13.1. The molecule has 98 valence electrons. The molecule has 2 aromatic carbocycles. The molecule has 0 unspecified atom stereocenters. The van der Waals surface area contributed by atoms with E-state index in [2.05, 4.69) is 0 Å². The van der Waals surface area contributed by atoms with E-state index in [4.69, 9.17) is 9.47 Å². The molecule has 0 amide bonds. The van der Waals surface area contributed by atoms with Gasteiger partial charge in [0.1, 0.15) is 17.2 Å². The average Bonchev–Trinajstić information content (AvgIpc) is 2.42. The fraction of sp³-hybridized carbons (Fsp3) is 0.188. The summed E-state index contributed by atoms with van der Waals surface area (Å²) in [6.45, 7) is 4.10. The number of para-hydroxylation sites is 1. The van der Waals surface area contributed by atoms with Crippen molar-refractivity contribution in [1.29, 1.82) is 0 Å². The van der Waals surface area contributed by atoms with Crippen molar-refractivity contribution in [2.45, 2.75) is 13.8 Å². The molecule has 0 radical (unpaired) electrons. The van der Waals surface area contributed by atoms with Gasteiger partial charge in [-0.05, 0) is 50.2 Å². The summed E-state index contributed by atoms with van der Waals surface area (Å²) in [5.74, 6) is 2.03. The lowest BCUT2D eigenvalue weighted by Gasteiger charge is -2.10. The quantitative estimate of drug-likeness (QED) is 0.756. The van der Waals surface area contributed by atoms with Gasteiger partial charge in [0.05, 0.1) is 12.2 Å². The molecule has 3 nitrogen and oxygen atoms in total. The molecular weight excluding hydrogens is 240 g/mol. The zero-order valence-corrected chi connectivity index (χ0v) is 11.1. The Bertz CT molecular complexity index is 558. The van der Waals surface area contributed by atoms with Crippen LogP contribution in [0.15, 0.2) is 48.5 Å². The van der Waals surface area contributed by atoms with Gasteiger partial charge in [-0.25, -0.2) is 0 Å². The number of benzene rings is 2. The summed E-state index contributed by atoms with van der Waals surface area (Å²) in [5.41, 5.74) is 0.580. The SMILES string of the molecule is CCOc1ccc(Oc2ccccc2C(C)=O)cc1. The lowest BCUT2D eigenvalue weighted by molar-refractivity contribution is 0.101. The van der Waals surface area contributed by atoms with Crippen molar-refractivity contribution in [3.8, 4) is 17.2 Å². The third-order valence-corrected chi connectivity index (χ3v) is 2.63. The second kappa shape index (κ2) is 6.05.